The third-order valence-electron chi connectivity index (χ3n) is 2.29. The first-order valence-electron chi connectivity index (χ1n) is 5.54. The summed E-state index contributed by atoms with van der Waals surface area (Å²) in [6.45, 7) is 9.06. The van der Waals surface area contributed by atoms with E-state index in [-0.39, 0.29) is 0 Å². The Bertz CT molecular complexity index is 294. The fourth-order valence-corrected chi connectivity index (χ4v) is 2.16. The quantitative estimate of drug-likeness (QED) is 0.717. The molecule has 1 heterocycles. The molecule has 0 aliphatic carbocycles. The molecule has 0 aromatic carbocycles. The molecule has 0 aliphatic heterocycles. The van der Waals surface area contributed by atoms with Gasteiger partial charge in [0.2, 0.25) is 0 Å². The Balaban J connectivity index is 2.58. The van der Waals surface area contributed by atoms with Gasteiger partial charge in [0, 0.05) is 5.38 Å². The minimum Gasteiger partial charge on any atom is -0.309 e. The molecule has 0 saturated heterocycles. The largest absolute Gasteiger partial charge is 0.309 e. The highest BCUT2D eigenvalue weighted by molar-refractivity contribution is 7.09. The summed E-state index contributed by atoms with van der Waals surface area (Å²) < 4.78 is 0. The number of aryl methyl sites for hydroxylation is 1. The van der Waals surface area contributed by atoms with Crippen LogP contribution in [0.1, 0.15) is 42.9 Å². The predicted octanol–water partition coefficient (Wildman–Crippen LogP) is 3.46. The van der Waals surface area contributed by atoms with E-state index in [0.29, 0.717) is 6.04 Å². The van der Waals surface area contributed by atoms with Crippen LogP contribution in [0.5, 0.6) is 0 Å². The fourth-order valence-electron chi connectivity index (χ4n) is 1.50. The zero-order valence-electron chi connectivity index (χ0n) is 9.62. The standard InChI is InChI=1S/C12H20N2S/c1-4-6-7-11(13-8-5-2)12-9-15-10(3)14-12/h4,9,11,13H,1,5-8H2,2-3H3. The lowest BCUT2D eigenvalue weighted by atomic mass is 10.1. The average Bonchev–Trinajstić information content (AvgIpc) is 2.65. The molecule has 0 saturated carbocycles. The van der Waals surface area contributed by atoms with E-state index in [1.165, 1.54) is 5.69 Å². The van der Waals surface area contributed by atoms with Gasteiger partial charge in [0.15, 0.2) is 0 Å². The van der Waals surface area contributed by atoms with Crippen molar-refractivity contribution in [2.45, 2.75) is 39.2 Å². The van der Waals surface area contributed by atoms with Gasteiger partial charge >= 0.3 is 0 Å². The van der Waals surface area contributed by atoms with E-state index in [0.717, 1.165) is 30.8 Å². The number of nitrogens with one attached hydrogen (secondary N) is 1. The normalized spacial score (nSPS) is 12.7. The van der Waals surface area contributed by atoms with Crippen LogP contribution in [0, 0.1) is 6.92 Å². The minimum absolute atomic E-state index is 0.396. The van der Waals surface area contributed by atoms with E-state index in [2.05, 4.69) is 36.1 Å². The molecule has 1 aromatic heterocycles. The first-order chi connectivity index (χ1) is 7.27. The van der Waals surface area contributed by atoms with Crippen molar-refractivity contribution in [3.63, 3.8) is 0 Å². The molecule has 1 rings (SSSR count). The lowest BCUT2D eigenvalue weighted by Gasteiger charge is -2.15. The number of nitrogens with zero attached hydrogens (tertiary/aromatic N) is 1. The molecule has 15 heavy (non-hydrogen) atoms. The summed E-state index contributed by atoms with van der Waals surface area (Å²) in [6.07, 6.45) is 5.26. The molecule has 0 radical (unpaired) electrons. The van der Waals surface area contributed by atoms with E-state index in [1.807, 2.05) is 6.08 Å². The second kappa shape index (κ2) is 6.75. The molecule has 1 N–H and O–H groups in total. The highest BCUT2D eigenvalue weighted by Crippen LogP contribution is 2.20. The van der Waals surface area contributed by atoms with Gasteiger partial charge in [-0.15, -0.1) is 17.9 Å². The first kappa shape index (κ1) is 12.4. The van der Waals surface area contributed by atoms with Crippen molar-refractivity contribution in [1.29, 1.82) is 0 Å². The highest BCUT2D eigenvalue weighted by Gasteiger charge is 2.12. The topological polar surface area (TPSA) is 24.9 Å². The molecule has 0 bridgehead atoms. The number of hydrogen-bond donors (Lipinski definition) is 1. The molecule has 1 unspecified atom stereocenters. The van der Waals surface area contributed by atoms with Crippen molar-refractivity contribution in [3.05, 3.63) is 28.7 Å². The first-order valence-corrected chi connectivity index (χ1v) is 6.42. The number of thiazole rings is 1. The summed E-state index contributed by atoms with van der Waals surface area (Å²) in [7, 11) is 0. The zero-order valence-corrected chi connectivity index (χ0v) is 10.4. The predicted molar refractivity (Wildman–Crippen MR) is 67.3 cm³/mol. The van der Waals surface area contributed by atoms with E-state index in [9.17, 15) is 0 Å². The van der Waals surface area contributed by atoms with Crippen molar-refractivity contribution < 1.29 is 0 Å². The van der Waals surface area contributed by atoms with Gasteiger partial charge in [0.25, 0.3) is 0 Å². The van der Waals surface area contributed by atoms with Crippen LogP contribution in [0.4, 0.5) is 0 Å². The summed E-state index contributed by atoms with van der Waals surface area (Å²) in [5, 5.41) is 6.83. The average molecular weight is 224 g/mol. The van der Waals surface area contributed by atoms with Crippen LogP contribution in [0.15, 0.2) is 18.0 Å². The molecule has 84 valence electrons. The van der Waals surface area contributed by atoms with Crippen molar-refractivity contribution in [2.75, 3.05) is 6.54 Å². The van der Waals surface area contributed by atoms with Gasteiger partial charge in [0.1, 0.15) is 0 Å². The van der Waals surface area contributed by atoms with Gasteiger partial charge in [-0.2, -0.15) is 0 Å². The van der Waals surface area contributed by atoms with Crippen LogP contribution >= 0.6 is 11.3 Å². The molecule has 0 amide bonds. The zero-order chi connectivity index (χ0) is 11.1. The van der Waals surface area contributed by atoms with E-state index < -0.39 is 0 Å². The molecule has 0 aliphatic rings. The van der Waals surface area contributed by atoms with Crippen LogP contribution in [0.3, 0.4) is 0 Å². The Labute approximate surface area is 96.4 Å². The number of allylic oxidation sites excluding steroid dienone is 1. The van der Waals surface area contributed by atoms with Crippen LogP contribution in [-0.2, 0) is 0 Å². The highest BCUT2D eigenvalue weighted by atomic mass is 32.1. The second-order valence-electron chi connectivity index (χ2n) is 3.66. The van der Waals surface area contributed by atoms with Gasteiger partial charge in [0.05, 0.1) is 16.7 Å². The molecule has 0 fully saturated rings. The van der Waals surface area contributed by atoms with Gasteiger partial charge in [-0.3, -0.25) is 0 Å². The van der Waals surface area contributed by atoms with Gasteiger partial charge in [-0.05, 0) is 32.7 Å². The molecule has 2 nitrogen and oxygen atoms in total. The maximum Gasteiger partial charge on any atom is 0.0898 e. The summed E-state index contributed by atoms with van der Waals surface area (Å²) in [5.41, 5.74) is 1.19. The Morgan fingerprint density at radius 3 is 3.00 bits per heavy atom. The SMILES string of the molecule is C=CCCC(NCCC)c1csc(C)n1. The van der Waals surface area contributed by atoms with Gasteiger partial charge in [-0.1, -0.05) is 13.0 Å². The molecule has 3 heteroatoms. The lowest BCUT2D eigenvalue weighted by molar-refractivity contribution is 0.494. The van der Waals surface area contributed by atoms with E-state index in [1.54, 1.807) is 11.3 Å². The third kappa shape index (κ3) is 4.14. The number of hydrogen-bond acceptors (Lipinski definition) is 3. The van der Waals surface area contributed by atoms with Crippen molar-refractivity contribution in [2.24, 2.45) is 0 Å². The van der Waals surface area contributed by atoms with Gasteiger partial charge < -0.3 is 5.32 Å². The van der Waals surface area contributed by atoms with Crippen molar-refractivity contribution >= 4 is 11.3 Å². The van der Waals surface area contributed by atoms with Crippen LogP contribution < -0.4 is 5.32 Å². The molecular weight excluding hydrogens is 204 g/mol. The monoisotopic (exact) mass is 224 g/mol. The van der Waals surface area contributed by atoms with Crippen LogP contribution in [0.25, 0.3) is 0 Å². The van der Waals surface area contributed by atoms with E-state index >= 15 is 0 Å². The summed E-state index contributed by atoms with van der Waals surface area (Å²) in [5.74, 6) is 0. The summed E-state index contributed by atoms with van der Waals surface area (Å²) in [4.78, 5) is 4.54. The van der Waals surface area contributed by atoms with E-state index in [4.69, 9.17) is 0 Å². The summed E-state index contributed by atoms with van der Waals surface area (Å²) in [6, 6.07) is 0.396. The molecule has 0 spiro atoms. The second-order valence-corrected chi connectivity index (χ2v) is 4.73. The van der Waals surface area contributed by atoms with Crippen LogP contribution in [-0.4, -0.2) is 11.5 Å². The Morgan fingerprint density at radius 2 is 2.47 bits per heavy atom. The Morgan fingerprint density at radius 1 is 1.67 bits per heavy atom. The van der Waals surface area contributed by atoms with Crippen molar-refractivity contribution in [3.8, 4) is 0 Å². The smallest absolute Gasteiger partial charge is 0.0898 e. The third-order valence-corrected chi connectivity index (χ3v) is 3.09. The lowest BCUT2D eigenvalue weighted by Crippen LogP contribution is -2.22. The van der Waals surface area contributed by atoms with Crippen LogP contribution in [0.2, 0.25) is 0 Å². The summed E-state index contributed by atoms with van der Waals surface area (Å²) >= 11 is 1.72. The molecular formula is C12H20N2S. The number of rotatable bonds is 7. The van der Waals surface area contributed by atoms with Gasteiger partial charge in [-0.25, -0.2) is 4.98 Å². The maximum atomic E-state index is 4.54. The Kier molecular flexibility index (Phi) is 5.58. The fraction of sp³-hybridized carbons (Fsp3) is 0.583. The minimum atomic E-state index is 0.396. The van der Waals surface area contributed by atoms with Crippen molar-refractivity contribution in [1.82, 2.24) is 10.3 Å². The Hall–Kier alpha value is -0.670. The maximum absolute atomic E-state index is 4.54. The molecule has 1 aromatic rings. The number of aromatic nitrogens is 1. The molecule has 1 atom stereocenters.